The van der Waals surface area contributed by atoms with Crippen LogP contribution in [0.15, 0.2) is 28.0 Å². The van der Waals surface area contributed by atoms with Crippen LogP contribution in [-0.4, -0.2) is 12.5 Å². The Labute approximate surface area is 70.4 Å². The van der Waals surface area contributed by atoms with Gasteiger partial charge >= 0.3 is 0 Å². The molecule has 1 aromatic carbocycles. The number of rotatable bonds is 2. The summed E-state index contributed by atoms with van der Waals surface area (Å²) in [6.07, 6.45) is 4.13. The standard InChI is InChI=1S/C8H9S2/c1-9-7-3-5-8(10-2)6-4-7/h3-5H,1-2H3. The maximum absolute atomic E-state index is 3.18. The van der Waals surface area contributed by atoms with Crippen molar-refractivity contribution in [1.82, 2.24) is 0 Å². The third-order valence-corrected chi connectivity index (χ3v) is 2.63. The average molecular weight is 169 g/mol. The lowest BCUT2D eigenvalue weighted by Gasteiger charge is -1.96. The van der Waals surface area contributed by atoms with Crippen molar-refractivity contribution in [2.45, 2.75) is 9.79 Å². The monoisotopic (exact) mass is 169 g/mol. The Bertz CT molecular complexity index is 168. The summed E-state index contributed by atoms with van der Waals surface area (Å²) in [5, 5.41) is 0. The molecule has 0 amide bonds. The molecule has 0 unspecified atom stereocenters. The van der Waals surface area contributed by atoms with Gasteiger partial charge in [0.25, 0.3) is 0 Å². The summed E-state index contributed by atoms with van der Waals surface area (Å²) in [4.78, 5) is 2.48. The Morgan fingerprint density at radius 2 is 2.00 bits per heavy atom. The number of benzene rings is 1. The maximum Gasteiger partial charge on any atom is 0.0149 e. The van der Waals surface area contributed by atoms with E-state index >= 15 is 0 Å². The summed E-state index contributed by atoms with van der Waals surface area (Å²) in [6.45, 7) is 0. The zero-order chi connectivity index (χ0) is 7.40. The van der Waals surface area contributed by atoms with E-state index in [2.05, 4.69) is 30.7 Å². The van der Waals surface area contributed by atoms with E-state index in [1.807, 2.05) is 6.07 Å². The molecule has 53 valence electrons. The quantitative estimate of drug-likeness (QED) is 0.624. The van der Waals surface area contributed by atoms with Crippen molar-refractivity contribution in [1.29, 1.82) is 0 Å². The molecule has 0 N–H and O–H groups in total. The van der Waals surface area contributed by atoms with Gasteiger partial charge in [0.2, 0.25) is 0 Å². The summed E-state index contributed by atoms with van der Waals surface area (Å²) in [5.74, 6) is 0. The predicted molar refractivity (Wildman–Crippen MR) is 48.8 cm³/mol. The molecule has 0 saturated heterocycles. The molecule has 1 aromatic rings. The topological polar surface area (TPSA) is 0 Å². The lowest BCUT2D eigenvalue weighted by molar-refractivity contribution is 1.35. The fourth-order valence-corrected chi connectivity index (χ4v) is 1.41. The molecule has 0 atom stereocenters. The van der Waals surface area contributed by atoms with Crippen LogP contribution in [0.1, 0.15) is 0 Å². The zero-order valence-corrected chi connectivity index (χ0v) is 7.68. The number of thioether (sulfide) groups is 2. The fraction of sp³-hybridized carbons (Fsp3) is 0.250. The molecule has 0 spiro atoms. The Balaban J connectivity index is 2.80. The third kappa shape index (κ3) is 1.96. The van der Waals surface area contributed by atoms with Crippen LogP contribution < -0.4 is 0 Å². The molecule has 0 aliphatic carbocycles. The molecule has 0 fully saturated rings. The van der Waals surface area contributed by atoms with Crippen molar-refractivity contribution in [2.75, 3.05) is 12.5 Å². The van der Waals surface area contributed by atoms with Crippen LogP contribution in [0.3, 0.4) is 0 Å². The van der Waals surface area contributed by atoms with E-state index in [0.717, 1.165) is 0 Å². The minimum atomic E-state index is 1.21. The van der Waals surface area contributed by atoms with Gasteiger partial charge in [-0.25, -0.2) is 0 Å². The minimum absolute atomic E-state index is 1.21. The molecule has 1 radical (unpaired) electrons. The molecule has 0 bridgehead atoms. The van der Waals surface area contributed by atoms with E-state index < -0.39 is 0 Å². The van der Waals surface area contributed by atoms with E-state index in [1.165, 1.54) is 9.79 Å². The van der Waals surface area contributed by atoms with Crippen molar-refractivity contribution in [2.24, 2.45) is 0 Å². The summed E-state index contributed by atoms with van der Waals surface area (Å²) >= 11 is 3.47. The van der Waals surface area contributed by atoms with E-state index in [-0.39, 0.29) is 0 Å². The van der Waals surface area contributed by atoms with Gasteiger partial charge in [0.15, 0.2) is 0 Å². The van der Waals surface area contributed by atoms with Crippen LogP contribution in [0.2, 0.25) is 0 Å². The molecule has 10 heavy (non-hydrogen) atoms. The fourth-order valence-electron chi connectivity index (χ4n) is 0.650. The normalized spacial score (nSPS) is 9.80. The second kappa shape index (κ2) is 3.94. The Morgan fingerprint density at radius 3 is 2.40 bits per heavy atom. The van der Waals surface area contributed by atoms with E-state index in [4.69, 9.17) is 0 Å². The molecule has 0 heterocycles. The van der Waals surface area contributed by atoms with E-state index in [1.54, 1.807) is 23.5 Å². The molecule has 0 aliphatic heterocycles. The highest BCUT2D eigenvalue weighted by Crippen LogP contribution is 2.19. The highest BCUT2D eigenvalue weighted by molar-refractivity contribution is 7.99. The summed E-state index contributed by atoms with van der Waals surface area (Å²) in [5.41, 5.74) is 0. The van der Waals surface area contributed by atoms with E-state index in [9.17, 15) is 0 Å². The SMILES string of the molecule is CSc1[c]cc(SC)cc1. The zero-order valence-electron chi connectivity index (χ0n) is 6.05. The van der Waals surface area contributed by atoms with Gasteiger partial charge in [0.05, 0.1) is 0 Å². The van der Waals surface area contributed by atoms with Gasteiger partial charge in [-0.15, -0.1) is 23.5 Å². The highest BCUT2D eigenvalue weighted by Gasteiger charge is 1.89. The maximum atomic E-state index is 3.18. The van der Waals surface area contributed by atoms with Crippen LogP contribution in [0, 0.1) is 6.07 Å². The van der Waals surface area contributed by atoms with Crippen molar-refractivity contribution in [3.8, 4) is 0 Å². The molecule has 2 heteroatoms. The van der Waals surface area contributed by atoms with Crippen LogP contribution in [0.5, 0.6) is 0 Å². The Morgan fingerprint density at radius 1 is 1.20 bits per heavy atom. The van der Waals surface area contributed by atoms with Crippen molar-refractivity contribution < 1.29 is 0 Å². The van der Waals surface area contributed by atoms with Crippen molar-refractivity contribution in [3.05, 3.63) is 24.3 Å². The van der Waals surface area contributed by atoms with Crippen LogP contribution in [0.4, 0.5) is 0 Å². The van der Waals surface area contributed by atoms with Crippen LogP contribution >= 0.6 is 23.5 Å². The smallest absolute Gasteiger partial charge is 0.0149 e. The molecule has 0 nitrogen and oxygen atoms in total. The van der Waals surface area contributed by atoms with E-state index in [0.29, 0.717) is 0 Å². The summed E-state index contributed by atoms with van der Waals surface area (Å²) in [7, 11) is 0. The molecular weight excluding hydrogens is 160 g/mol. The second-order valence-corrected chi connectivity index (χ2v) is 3.52. The number of hydrogen-bond donors (Lipinski definition) is 0. The third-order valence-electron chi connectivity index (χ3n) is 1.21. The van der Waals surface area contributed by atoms with Crippen LogP contribution in [0.25, 0.3) is 0 Å². The van der Waals surface area contributed by atoms with Crippen molar-refractivity contribution in [3.63, 3.8) is 0 Å². The predicted octanol–water partition coefficient (Wildman–Crippen LogP) is 2.93. The van der Waals surface area contributed by atoms with Gasteiger partial charge in [0.1, 0.15) is 0 Å². The van der Waals surface area contributed by atoms with Gasteiger partial charge in [-0.2, -0.15) is 0 Å². The number of hydrogen-bond acceptors (Lipinski definition) is 2. The summed E-state index contributed by atoms with van der Waals surface area (Å²) < 4.78 is 0. The molecular formula is C8H9S2. The molecule has 0 aliphatic rings. The van der Waals surface area contributed by atoms with Gasteiger partial charge in [-0.3, -0.25) is 0 Å². The molecule has 1 rings (SSSR count). The van der Waals surface area contributed by atoms with Gasteiger partial charge in [0, 0.05) is 9.79 Å². The lowest BCUT2D eigenvalue weighted by atomic mass is 10.4. The lowest BCUT2D eigenvalue weighted by Crippen LogP contribution is -1.70. The first-order chi connectivity index (χ1) is 4.86. The first kappa shape index (κ1) is 8.02. The molecule has 0 saturated carbocycles. The molecule has 0 aromatic heterocycles. The Kier molecular flexibility index (Phi) is 3.16. The highest BCUT2D eigenvalue weighted by atomic mass is 32.2. The van der Waals surface area contributed by atoms with Gasteiger partial charge in [-0.05, 0) is 36.8 Å². The minimum Gasteiger partial charge on any atom is -0.130 e. The van der Waals surface area contributed by atoms with Crippen LogP contribution in [-0.2, 0) is 0 Å². The average Bonchev–Trinajstić information content (AvgIpc) is 2.05. The first-order valence-electron chi connectivity index (χ1n) is 2.96. The Hall–Kier alpha value is -0.0800. The van der Waals surface area contributed by atoms with Crippen molar-refractivity contribution >= 4 is 23.5 Å². The van der Waals surface area contributed by atoms with Gasteiger partial charge in [-0.1, -0.05) is 0 Å². The second-order valence-electron chi connectivity index (χ2n) is 1.80. The van der Waals surface area contributed by atoms with Gasteiger partial charge < -0.3 is 0 Å². The first-order valence-corrected chi connectivity index (χ1v) is 5.41. The summed E-state index contributed by atoms with van der Waals surface area (Å²) in [6, 6.07) is 9.42. The largest absolute Gasteiger partial charge is 0.130 e.